The summed E-state index contributed by atoms with van der Waals surface area (Å²) < 4.78 is 42.1. The molecule has 0 aliphatic carbocycles. The second-order valence-electron chi connectivity index (χ2n) is 8.00. The molecule has 2 heterocycles. The molecule has 4 rings (SSSR count). The summed E-state index contributed by atoms with van der Waals surface area (Å²) in [4.78, 5) is 17.7. The molecule has 0 bridgehead atoms. The molecule has 170 valence electrons. The quantitative estimate of drug-likeness (QED) is 0.356. The highest BCUT2D eigenvalue weighted by atomic mass is 35.5. The minimum atomic E-state index is -4.65. The van der Waals surface area contributed by atoms with Gasteiger partial charge in [0.1, 0.15) is 5.65 Å². The summed E-state index contributed by atoms with van der Waals surface area (Å²) >= 11 is 5.74. The Morgan fingerprint density at radius 3 is 2.48 bits per heavy atom. The minimum Gasteiger partial charge on any atom is -0.325 e. The zero-order valence-electron chi connectivity index (χ0n) is 18.2. The fourth-order valence-corrected chi connectivity index (χ4v) is 3.92. The molecule has 33 heavy (non-hydrogen) atoms. The number of aryl methyl sites for hydroxylation is 3. The average Bonchev–Trinajstić information content (AvgIpc) is 3.10. The SMILES string of the molecule is Cc1ccc(-c2nc3c(C)cccn3c2CC(=O)Nc2ccc(Cl)cc2C(F)(F)F)cc1C. The number of hydrogen-bond donors (Lipinski definition) is 1. The van der Waals surface area contributed by atoms with E-state index in [0.717, 1.165) is 34.4 Å². The number of rotatable bonds is 4. The number of anilines is 1. The van der Waals surface area contributed by atoms with E-state index in [-0.39, 0.29) is 17.1 Å². The number of hydrogen-bond acceptors (Lipinski definition) is 2. The van der Waals surface area contributed by atoms with Crippen molar-refractivity contribution in [3.05, 3.63) is 87.7 Å². The van der Waals surface area contributed by atoms with Crippen molar-refractivity contribution in [2.45, 2.75) is 33.4 Å². The smallest absolute Gasteiger partial charge is 0.325 e. The highest BCUT2D eigenvalue weighted by molar-refractivity contribution is 6.30. The maximum Gasteiger partial charge on any atom is 0.418 e. The van der Waals surface area contributed by atoms with Gasteiger partial charge in [-0.05, 0) is 67.8 Å². The predicted molar refractivity (Wildman–Crippen MR) is 124 cm³/mol. The van der Waals surface area contributed by atoms with E-state index in [1.165, 1.54) is 6.07 Å². The Morgan fingerprint density at radius 2 is 1.79 bits per heavy atom. The molecule has 0 spiro atoms. The number of aromatic nitrogens is 2. The number of nitrogens with zero attached hydrogens (tertiary/aromatic N) is 2. The van der Waals surface area contributed by atoms with Crippen molar-refractivity contribution in [3.8, 4) is 11.3 Å². The van der Waals surface area contributed by atoms with Crippen molar-refractivity contribution in [1.29, 1.82) is 0 Å². The van der Waals surface area contributed by atoms with Gasteiger partial charge in [0.2, 0.25) is 5.91 Å². The van der Waals surface area contributed by atoms with Gasteiger partial charge >= 0.3 is 6.18 Å². The lowest BCUT2D eigenvalue weighted by molar-refractivity contribution is -0.137. The van der Waals surface area contributed by atoms with Crippen LogP contribution in [0.5, 0.6) is 0 Å². The molecule has 4 nitrogen and oxygen atoms in total. The number of pyridine rings is 1. The van der Waals surface area contributed by atoms with Crippen molar-refractivity contribution in [1.82, 2.24) is 9.38 Å². The summed E-state index contributed by atoms with van der Waals surface area (Å²) in [5.41, 5.74) is 4.54. The van der Waals surface area contributed by atoms with Crippen molar-refractivity contribution in [3.63, 3.8) is 0 Å². The average molecular weight is 472 g/mol. The van der Waals surface area contributed by atoms with Crippen LogP contribution in [-0.4, -0.2) is 15.3 Å². The van der Waals surface area contributed by atoms with Gasteiger partial charge < -0.3 is 9.72 Å². The maximum atomic E-state index is 13.4. The molecule has 0 aliphatic rings. The number of halogens is 4. The molecule has 0 unspecified atom stereocenters. The Labute approximate surface area is 194 Å². The maximum absolute atomic E-state index is 13.4. The van der Waals surface area contributed by atoms with Crippen LogP contribution < -0.4 is 5.32 Å². The second-order valence-corrected chi connectivity index (χ2v) is 8.44. The third-order valence-electron chi connectivity index (χ3n) is 5.61. The molecule has 0 fully saturated rings. The Kier molecular flexibility index (Phi) is 5.93. The molecule has 0 saturated carbocycles. The summed E-state index contributed by atoms with van der Waals surface area (Å²) in [6.07, 6.45) is -3.02. The van der Waals surface area contributed by atoms with Crippen LogP contribution in [0.1, 0.15) is 27.9 Å². The molecule has 8 heteroatoms. The molecule has 0 saturated heterocycles. The van der Waals surface area contributed by atoms with Crippen LogP contribution in [0.25, 0.3) is 16.9 Å². The number of nitrogens with one attached hydrogen (secondary N) is 1. The van der Waals surface area contributed by atoms with Gasteiger partial charge in [0, 0.05) is 16.8 Å². The van der Waals surface area contributed by atoms with Crippen molar-refractivity contribution < 1.29 is 18.0 Å². The van der Waals surface area contributed by atoms with Gasteiger partial charge in [0.25, 0.3) is 0 Å². The summed E-state index contributed by atoms with van der Waals surface area (Å²) in [6.45, 7) is 5.91. The number of amides is 1. The lowest BCUT2D eigenvalue weighted by Crippen LogP contribution is -2.19. The molecule has 4 aromatic rings. The Morgan fingerprint density at radius 1 is 1.03 bits per heavy atom. The number of imidazole rings is 1. The molecular formula is C25H21ClF3N3O. The van der Waals surface area contributed by atoms with Crippen molar-refractivity contribution in [2.24, 2.45) is 0 Å². The van der Waals surface area contributed by atoms with Gasteiger partial charge in [0.15, 0.2) is 0 Å². The second kappa shape index (κ2) is 8.56. The third-order valence-corrected chi connectivity index (χ3v) is 5.85. The van der Waals surface area contributed by atoms with Crippen LogP contribution in [0.4, 0.5) is 18.9 Å². The van der Waals surface area contributed by atoms with Crippen molar-refractivity contribution in [2.75, 3.05) is 5.32 Å². The van der Waals surface area contributed by atoms with E-state index in [1.54, 1.807) is 6.20 Å². The largest absolute Gasteiger partial charge is 0.418 e. The summed E-state index contributed by atoms with van der Waals surface area (Å²) in [7, 11) is 0. The monoisotopic (exact) mass is 471 g/mol. The van der Waals surface area contributed by atoms with E-state index in [9.17, 15) is 18.0 Å². The van der Waals surface area contributed by atoms with Gasteiger partial charge in [-0.2, -0.15) is 13.2 Å². The topological polar surface area (TPSA) is 46.4 Å². The Bertz CT molecular complexity index is 1380. The molecular weight excluding hydrogens is 451 g/mol. The predicted octanol–water partition coefficient (Wildman–Crippen LogP) is 6.78. The molecule has 2 aromatic heterocycles. The fraction of sp³-hybridized carbons (Fsp3) is 0.200. The standard InChI is InChI=1S/C25H21ClF3N3O/c1-14-6-7-17(11-16(14)3)23-21(32-10-4-5-15(2)24(32)31-23)13-22(33)30-20-9-8-18(26)12-19(20)25(27,28)29/h4-12H,13H2,1-3H3,(H,30,33). The summed E-state index contributed by atoms with van der Waals surface area (Å²) in [5, 5.41) is 2.34. The Hall–Kier alpha value is -3.32. The number of benzene rings is 2. The van der Waals surface area contributed by atoms with Gasteiger partial charge in [0.05, 0.1) is 29.1 Å². The zero-order valence-corrected chi connectivity index (χ0v) is 19.0. The lowest BCUT2D eigenvalue weighted by atomic mass is 10.0. The van der Waals surface area contributed by atoms with E-state index in [0.29, 0.717) is 17.0 Å². The molecule has 0 atom stereocenters. The fourth-order valence-electron chi connectivity index (χ4n) is 3.75. The number of fused-ring (bicyclic) bond motifs is 1. The van der Waals surface area contributed by atoms with Crippen LogP contribution in [-0.2, 0) is 17.4 Å². The molecule has 1 amide bonds. The zero-order chi connectivity index (χ0) is 23.9. The minimum absolute atomic E-state index is 0.0605. The summed E-state index contributed by atoms with van der Waals surface area (Å²) in [6, 6.07) is 12.9. The number of carbonyl (C=O) groups is 1. The van der Waals surface area contributed by atoms with E-state index >= 15 is 0 Å². The first-order chi connectivity index (χ1) is 15.5. The normalized spacial score (nSPS) is 11.7. The molecule has 2 aromatic carbocycles. The van der Waals surface area contributed by atoms with Crippen molar-refractivity contribution >= 4 is 28.8 Å². The number of alkyl halides is 3. The van der Waals surface area contributed by atoms with Crippen LogP contribution in [0.2, 0.25) is 5.02 Å². The number of carbonyl (C=O) groups excluding carboxylic acids is 1. The highest BCUT2D eigenvalue weighted by Gasteiger charge is 2.34. The van der Waals surface area contributed by atoms with E-state index < -0.39 is 17.6 Å². The first-order valence-electron chi connectivity index (χ1n) is 10.3. The first-order valence-corrected chi connectivity index (χ1v) is 10.6. The molecule has 1 N–H and O–H groups in total. The van der Waals surface area contributed by atoms with E-state index in [1.807, 2.05) is 55.5 Å². The molecule has 0 aliphatic heterocycles. The first kappa shape index (κ1) is 22.9. The van der Waals surface area contributed by atoms with Gasteiger partial charge in [-0.1, -0.05) is 29.8 Å². The van der Waals surface area contributed by atoms with Gasteiger partial charge in [-0.3, -0.25) is 4.79 Å². The van der Waals surface area contributed by atoms with Crippen LogP contribution in [0.15, 0.2) is 54.7 Å². The molecule has 0 radical (unpaired) electrons. The van der Waals surface area contributed by atoms with Crippen LogP contribution in [0.3, 0.4) is 0 Å². The lowest BCUT2D eigenvalue weighted by Gasteiger charge is -2.14. The van der Waals surface area contributed by atoms with E-state index in [2.05, 4.69) is 5.32 Å². The summed E-state index contributed by atoms with van der Waals surface area (Å²) in [5.74, 6) is -0.587. The van der Waals surface area contributed by atoms with Crippen LogP contribution >= 0.6 is 11.6 Å². The highest BCUT2D eigenvalue weighted by Crippen LogP contribution is 2.37. The van der Waals surface area contributed by atoms with E-state index in [4.69, 9.17) is 16.6 Å². The Balaban J connectivity index is 1.75. The van der Waals surface area contributed by atoms with Gasteiger partial charge in [-0.15, -0.1) is 0 Å². The van der Waals surface area contributed by atoms with Crippen LogP contribution in [0, 0.1) is 20.8 Å². The third kappa shape index (κ3) is 4.59. The van der Waals surface area contributed by atoms with Gasteiger partial charge in [-0.25, -0.2) is 4.98 Å².